The number of halogens is 4. The second-order valence-electron chi connectivity index (χ2n) is 8.43. The van der Waals surface area contributed by atoms with Crippen molar-refractivity contribution >= 4 is 86.5 Å². The van der Waals surface area contributed by atoms with Gasteiger partial charge in [-0.2, -0.15) is 9.78 Å². The number of benzene rings is 3. The van der Waals surface area contributed by atoms with E-state index < -0.39 is 4.92 Å². The van der Waals surface area contributed by atoms with Crippen molar-refractivity contribution < 1.29 is 9.66 Å². The second-order valence-corrected chi connectivity index (χ2v) is 12.0. The average Bonchev–Trinajstić information content (AvgIpc) is 2.87. The van der Waals surface area contributed by atoms with Crippen LogP contribution in [0.25, 0.3) is 10.9 Å². The predicted octanol–water partition coefficient (Wildman–Crippen LogP) is 8.33. The van der Waals surface area contributed by atoms with Crippen LogP contribution < -0.4 is 10.3 Å². The smallest absolute Gasteiger partial charge is 0.312 e. The summed E-state index contributed by atoms with van der Waals surface area (Å²) in [6, 6.07) is 13.9. The van der Waals surface area contributed by atoms with E-state index in [1.165, 1.54) is 17.0 Å². The molecular formula is C26H20Br4N4O4. The van der Waals surface area contributed by atoms with Crippen LogP contribution in [0.15, 0.2) is 76.3 Å². The van der Waals surface area contributed by atoms with E-state index in [9.17, 15) is 14.9 Å². The molecule has 1 atom stereocenters. The Balaban J connectivity index is 1.84. The largest absolute Gasteiger partial charge is 0.481 e. The number of aromatic nitrogens is 2. The van der Waals surface area contributed by atoms with Crippen LogP contribution in [0.2, 0.25) is 0 Å². The molecule has 0 amide bonds. The molecule has 0 aliphatic rings. The standard InChI is InChI=1S/C26H20Br4N4O4/c1-3-14(2)25-32-22-7-6-17(27)9-20(22)26(35)33(25)31-12-16-8-19(29)11-23(34(36)37)24(16)38-13-15-4-5-18(28)10-21(15)30/h4-12,14H,3,13H2,1-2H3/t14-/m1/s1. The fourth-order valence-electron chi connectivity index (χ4n) is 3.68. The van der Waals surface area contributed by atoms with Gasteiger partial charge in [0.15, 0.2) is 0 Å². The van der Waals surface area contributed by atoms with Crippen molar-refractivity contribution in [2.45, 2.75) is 32.8 Å². The first kappa shape index (κ1) is 28.6. The maximum absolute atomic E-state index is 13.5. The minimum atomic E-state index is -0.514. The van der Waals surface area contributed by atoms with E-state index in [-0.39, 0.29) is 29.5 Å². The van der Waals surface area contributed by atoms with Gasteiger partial charge >= 0.3 is 5.69 Å². The molecule has 1 aromatic heterocycles. The van der Waals surface area contributed by atoms with E-state index in [1.54, 1.807) is 18.2 Å². The summed E-state index contributed by atoms with van der Waals surface area (Å²) >= 11 is 13.7. The molecular weight excluding hydrogens is 752 g/mol. The SMILES string of the molecule is CC[C@@H](C)c1nc2ccc(Br)cc2c(=O)n1N=Cc1cc(Br)cc([N+](=O)[O-])c1OCc1ccc(Br)cc1Br. The molecule has 3 aromatic carbocycles. The molecule has 1 heterocycles. The van der Waals surface area contributed by atoms with Gasteiger partial charge in [0, 0.05) is 41.0 Å². The van der Waals surface area contributed by atoms with Crippen LogP contribution >= 0.6 is 63.7 Å². The van der Waals surface area contributed by atoms with Crippen molar-refractivity contribution in [1.29, 1.82) is 0 Å². The quantitative estimate of drug-likeness (QED) is 0.102. The van der Waals surface area contributed by atoms with E-state index >= 15 is 0 Å². The van der Waals surface area contributed by atoms with Crippen molar-refractivity contribution in [3.63, 3.8) is 0 Å². The minimum absolute atomic E-state index is 0.0337. The summed E-state index contributed by atoms with van der Waals surface area (Å²) in [5.74, 6) is 0.468. The maximum atomic E-state index is 13.5. The van der Waals surface area contributed by atoms with Gasteiger partial charge < -0.3 is 4.74 Å². The number of rotatable bonds is 8. The van der Waals surface area contributed by atoms with Crippen LogP contribution in [0.4, 0.5) is 5.69 Å². The minimum Gasteiger partial charge on any atom is -0.481 e. The van der Waals surface area contributed by atoms with Crippen LogP contribution in [-0.4, -0.2) is 20.8 Å². The Morgan fingerprint density at radius 3 is 2.47 bits per heavy atom. The third-order valence-corrected chi connectivity index (χ3v) is 8.03. The topological polar surface area (TPSA) is 99.6 Å². The molecule has 4 aromatic rings. The Bertz CT molecular complexity index is 1640. The highest BCUT2D eigenvalue weighted by Crippen LogP contribution is 2.35. The zero-order valence-corrected chi connectivity index (χ0v) is 26.5. The molecule has 0 saturated carbocycles. The highest BCUT2D eigenvalue weighted by Gasteiger charge is 2.22. The number of fused-ring (bicyclic) bond motifs is 1. The zero-order chi connectivity index (χ0) is 27.6. The number of hydrogen-bond acceptors (Lipinski definition) is 6. The molecule has 38 heavy (non-hydrogen) atoms. The molecule has 0 N–H and O–H groups in total. The Hall–Kier alpha value is -2.41. The first-order valence-electron chi connectivity index (χ1n) is 11.4. The molecule has 0 bridgehead atoms. The summed E-state index contributed by atoms with van der Waals surface area (Å²) in [5.41, 5.74) is 1.13. The van der Waals surface area contributed by atoms with Gasteiger partial charge in [0.05, 0.1) is 22.0 Å². The lowest BCUT2D eigenvalue weighted by molar-refractivity contribution is -0.386. The van der Waals surface area contributed by atoms with Crippen molar-refractivity contribution in [1.82, 2.24) is 9.66 Å². The van der Waals surface area contributed by atoms with E-state index in [0.717, 1.165) is 25.4 Å². The molecule has 0 aliphatic heterocycles. The molecule has 0 spiro atoms. The summed E-state index contributed by atoms with van der Waals surface area (Å²) in [7, 11) is 0. The number of nitro groups is 1. The molecule has 4 rings (SSSR count). The summed E-state index contributed by atoms with van der Waals surface area (Å²) in [6.07, 6.45) is 2.13. The van der Waals surface area contributed by atoms with Crippen LogP contribution in [0, 0.1) is 10.1 Å². The molecule has 196 valence electrons. The molecule has 0 unspecified atom stereocenters. The maximum Gasteiger partial charge on any atom is 0.312 e. The van der Waals surface area contributed by atoms with Gasteiger partial charge in [-0.3, -0.25) is 14.9 Å². The third-order valence-electron chi connectivity index (χ3n) is 5.85. The monoisotopic (exact) mass is 768 g/mol. The average molecular weight is 772 g/mol. The zero-order valence-electron chi connectivity index (χ0n) is 20.1. The van der Waals surface area contributed by atoms with Crippen molar-refractivity contribution in [2.24, 2.45) is 5.10 Å². The number of nitro benzene ring substituents is 1. The fraction of sp³-hybridized carbons (Fsp3) is 0.192. The predicted molar refractivity (Wildman–Crippen MR) is 162 cm³/mol. The molecule has 0 radical (unpaired) electrons. The molecule has 0 aliphatic carbocycles. The Labute approximate surface area is 251 Å². The Kier molecular flexibility index (Phi) is 9.17. The summed E-state index contributed by atoms with van der Waals surface area (Å²) in [5, 5.41) is 16.8. The van der Waals surface area contributed by atoms with Crippen molar-refractivity contribution in [3.8, 4) is 5.75 Å². The summed E-state index contributed by atoms with van der Waals surface area (Å²) < 4.78 is 10.1. The first-order chi connectivity index (χ1) is 18.1. The van der Waals surface area contributed by atoms with E-state index in [1.807, 2.05) is 38.1 Å². The molecule has 0 fully saturated rings. The van der Waals surface area contributed by atoms with Crippen molar-refractivity contribution in [3.05, 3.63) is 104 Å². The fourth-order valence-corrected chi connectivity index (χ4v) is 5.66. The highest BCUT2D eigenvalue weighted by molar-refractivity contribution is 9.11. The number of nitrogens with zero attached hydrogens (tertiary/aromatic N) is 4. The number of hydrogen-bond donors (Lipinski definition) is 0. The van der Waals surface area contributed by atoms with E-state index in [0.29, 0.717) is 26.8 Å². The van der Waals surface area contributed by atoms with E-state index in [2.05, 4.69) is 68.8 Å². The summed E-state index contributed by atoms with van der Waals surface area (Å²) in [4.78, 5) is 29.6. The summed E-state index contributed by atoms with van der Waals surface area (Å²) in [6.45, 7) is 4.04. The molecule has 0 saturated heterocycles. The van der Waals surface area contributed by atoms with Gasteiger partial charge in [-0.15, -0.1) is 0 Å². The van der Waals surface area contributed by atoms with Crippen LogP contribution in [0.5, 0.6) is 5.75 Å². The lowest BCUT2D eigenvalue weighted by Gasteiger charge is -2.14. The lowest BCUT2D eigenvalue weighted by atomic mass is 10.1. The van der Waals surface area contributed by atoms with Crippen LogP contribution in [0.1, 0.15) is 43.1 Å². The van der Waals surface area contributed by atoms with Gasteiger partial charge in [0.2, 0.25) is 5.75 Å². The highest BCUT2D eigenvalue weighted by atomic mass is 79.9. The van der Waals surface area contributed by atoms with Gasteiger partial charge in [0.25, 0.3) is 5.56 Å². The second kappa shape index (κ2) is 12.2. The van der Waals surface area contributed by atoms with Crippen LogP contribution in [0.3, 0.4) is 0 Å². The molecule has 8 nitrogen and oxygen atoms in total. The lowest BCUT2D eigenvalue weighted by Crippen LogP contribution is -2.23. The van der Waals surface area contributed by atoms with E-state index in [4.69, 9.17) is 9.72 Å². The Morgan fingerprint density at radius 2 is 1.79 bits per heavy atom. The Morgan fingerprint density at radius 1 is 1.08 bits per heavy atom. The first-order valence-corrected chi connectivity index (χ1v) is 14.6. The van der Waals surface area contributed by atoms with Crippen LogP contribution in [-0.2, 0) is 6.61 Å². The third kappa shape index (κ3) is 6.24. The normalized spacial score (nSPS) is 12.3. The number of ether oxygens (including phenoxy) is 1. The van der Waals surface area contributed by atoms with Gasteiger partial charge in [-0.05, 0) is 42.8 Å². The molecule has 12 heteroatoms. The van der Waals surface area contributed by atoms with Gasteiger partial charge in [-0.1, -0.05) is 83.6 Å². The van der Waals surface area contributed by atoms with Crippen molar-refractivity contribution in [2.75, 3.05) is 0 Å². The van der Waals surface area contributed by atoms with Gasteiger partial charge in [-0.25, -0.2) is 4.98 Å². The van der Waals surface area contributed by atoms with Gasteiger partial charge in [0.1, 0.15) is 12.4 Å².